The number of nitro benzene ring substituents is 4. The summed E-state index contributed by atoms with van der Waals surface area (Å²) in [7, 11) is 0. The van der Waals surface area contributed by atoms with Crippen molar-refractivity contribution >= 4 is 68.8 Å². The van der Waals surface area contributed by atoms with E-state index in [0.29, 0.717) is 113 Å². The first kappa shape index (κ1) is 87.3. The Balaban J connectivity index is 0.000000222. The van der Waals surface area contributed by atoms with Crippen molar-refractivity contribution in [3.8, 4) is 90.6 Å². The fraction of sp³-hybridized carbons (Fsp3) is 0.105. The number of pyridine rings is 4. The molecule has 0 saturated heterocycles. The van der Waals surface area contributed by atoms with Crippen LogP contribution in [0.5, 0.6) is 0 Å². The summed E-state index contributed by atoms with van der Waals surface area (Å²) in [5.74, 6) is 0.0433. The maximum absolute atomic E-state index is 11.6. The number of benzene rings is 4. The molecule has 16 aromatic rings. The first-order chi connectivity index (χ1) is 52.5. The third kappa shape index (κ3) is 20.6. The number of non-ortho nitro benzene ring substituents is 4. The van der Waals surface area contributed by atoms with Gasteiger partial charge in [0.25, 0.3) is 22.7 Å². The van der Waals surface area contributed by atoms with Crippen LogP contribution in [0, 0.1) is 40.5 Å². The van der Waals surface area contributed by atoms with E-state index in [9.17, 15) is 45.3 Å². The molecule has 0 saturated carbocycles. The minimum atomic E-state index is -0.478. The van der Waals surface area contributed by atoms with Gasteiger partial charge in [-0.25, -0.2) is 49.7 Å². The molecule has 111 heavy (non-hydrogen) atoms. The predicted molar refractivity (Wildman–Crippen MR) is 420 cm³/mol. The zero-order valence-corrected chi connectivity index (χ0v) is 67.4. The zero-order chi connectivity index (χ0) is 77.6. The molecule has 2 radical (unpaired) electrons. The Morgan fingerprint density at radius 3 is 1.01 bits per heavy atom. The molecule has 0 fully saturated rings. The van der Waals surface area contributed by atoms with Crippen LogP contribution in [-0.2, 0) is 65.4 Å². The van der Waals surface area contributed by atoms with Crippen LogP contribution in [0.2, 0.25) is 5.28 Å². The van der Waals surface area contributed by atoms with Gasteiger partial charge >= 0.3 is 5.69 Å². The van der Waals surface area contributed by atoms with Crippen molar-refractivity contribution in [1.82, 2.24) is 77.4 Å². The second kappa shape index (κ2) is 41.7. The standard InChI is InChI=1S/C17H10ClN5O2.C17H12N6O2.C17H11N6O2.C17H11N5O3.4C2H6.H2N.2Y/c3*18-17-19-8-7-13(20-17)16-15(21-14-6-1-2-9-22(14)16)11-4-3-5-12(10-11)23(24)25;23-17-18-8-7-13(19-17)16-15(20-14-6-1-2-9-21(14)16)11-4-3-5-12(10-11)22(24)25;4*1-2;;;/h1-10H;1-10H,(H2,18,19,20);1-10H,(H-,18,19,20);1-10H,(H,18,19,23);4*1-2H3;1H2;;/q;;-1;;;;;;-1;;. The number of nitro groups is 4. The zero-order valence-electron chi connectivity index (χ0n) is 61.0. The fourth-order valence-corrected chi connectivity index (χ4v) is 11.0. The molecule has 16 rings (SSSR count). The van der Waals surface area contributed by atoms with Crippen LogP contribution >= 0.6 is 11.6 Å². The molecule has 6 N–H and O–H groups in total. The third-order valence-electron chi connectivity index (χ3n) is 15.1. The van der Waals surface area contributed by atoms with E-state index in [1.165, 1.54) is 60.9 Å². The Hall–Kier alpha value is -12.6. The van der Waals surface area contributed by atoms with Crippen molar-refractivity contribution in [2.75, 3.05) is 5.73 Å². The number of hydrogen-bond donors (Lipinski definition) is 2. The van der Waals surface area contributed by atoms with Crippen molar-refractivity contribution in [1.29, 1.82) is 0 Å². The minimum Gasteiger partial charge on any atom is -0.693 e. The number of hydrogen-bond acceptors (Lipinski definition) is 21. The number of nitrogens with one attached hydrogen (secondary N) is 2. The Morgan fingerprint density at radius 2 is 0.685 bits per heavy atom. The molecule has 12 heterocycles. The van der Waals surface area contributed by atoms with Crippen molar-refractivity contribution in [2.24, 2.45) is 0 Å². The van der Waals surface area contributed by atoms with E-state index >= 15 is 0 Å². The molecular weight excluding hydrogens is 1590 g/mol. The summed E-state index contributed by atoms with van der Waals surface area (Å²) < 4.78 is 7.40. The largest absolute Gasteiger partial charge is 0.693 e. The summed E-state index contributed by atoms with van der Waals surface area (Å²) in [5, 5.41) is 44.5. The second-order valence-electron chi connectivity index (χ2n) is 21.2. The van der Waals surface area contributed by atoms with Gasteiger partial charge in [0.2, 0.25) is 11.2 Å². The minimum absolute atomic E-state index is 0. The van der Waals surface area contributed by atoms with Crippen LogP contribution in [-0.4, -0.2) is 97.1 Å². The van der Waals surface area contributed by atoms with E-state index < -0.39 is 25.4 Å². The first-order valence-corrected chi connectivity index (χ1v) is 34.0. The van der Waals surface area contributed by atoms with Crippen molar-refractivity contribution in [3.63, 3.8) is 0 Å². The Kier molecular flexibility index (Phi) is 32.8. The molecule has 0 aliphatic heterocycles. The number of anilines is 1. The summed E-state index contributed by atoms with van der Waals surface area (Å²) in [4.78, 5) is 103. The van der Waals surface area contributed by atoms with Gasteiger partial charge < -0.3 is 32.6 Å². The average Bonchev–Trinajstić information content (AvgIpc) is 1.65. The number of fused-ring (bicyclic) bond motifs is 4. The van der Waals surface area contributed by atoms with Crippen LogP contribution < -0.4 is 11.4 Å². The number of nitrogens with zero attached hydrogens (tertiary/aromatic N) is 19. The topological polar surface area (TPSA) is 448 Å². The quantitative estimate of drug-likeness (QED) is 0.0651. The Labute approximate surface area is 689 Å². The molecule has 4 aromatic carbocycles. The van der Waals surface area contributed by atoms with Gasteiger partial charge in [0.15, 0.2) is 0 Å². The number of aromatic amines is 1. The molecule has 12 aromatic heterocycles. The van der Waals surface area contributed by atoms with Gasteiger partial charge in [0, 0.05) is 191 Å². The average molecular weight is 1660 g/mol. The molecule has 0 spiro atoms. The number of aromatic nitrogens is 16. The monoisotopic (exact) mass is 1660 g/mol. The smallest absolute Gasteiger partial charge is 0.345 e. The van der Waals surface area contributed by atoms with Crippen LogP contribution in [0.25, 0.3) is 125 Å². The van der Waals surface area contributed by atoms with E-state index in [4.69, 9.17) is 23.1 Å². The van der Waals surface area contributed by atoms with Crippen LogP contribution in [0.4, 0.5) is 34.6 Å². The molecule has 0 bridgehead atoms. The number of nitrogens with two attached hydrogens (primary N) is 2. The Morgan fingerprint density at radius 1 is 0.378 bits per heavy atom. The maximum atomic E-state index is 11.6. The van der Waals surface area contributed by atoms with Gasteiger partial charge in [-0.3, -0.25) is 58.1 Å². The molecule has 0 aliphatic rings. The van der Waals surface area contributed by atoms with E-state index in [2.05, 4.69) is 59.8 Å². The number of halogens is 1. The normalized spacial score (nSPS) is 10.0. The number of imidazole rings is 4. The van der Waals surface area contributed by atoms with Gasteiger partial charge in [-0.1, -0.05) is 128 Å². The maximum Gasteiger partial charge on any atom is 0.345 e. The molecule has 0 atom stereocenters. The summed E-state index contributed by atoms with van der Waals surface area (Å²) >= 11 is 5.94. The summed E-state index contributed by atoms with van der Waals surface area (Å²) in [6.45, 7) is 16.0. The molecule has 32 nitrogen and oxygen atoms in total. The van der Waals surface area contributed by atoms with Gasteiger partial charge in [0.05, 0.1) is 82.3 Å². The first-order valence-electron chi connectivity index (χ1n) is 33.6. The van der Waals surface area contributed by atoms with Crippen LogP contribution in [0.3, 0.4) is 0 Å². The fourth-order valence-electron chi connectivity index (χ4n) is 10.8. The van der Waals surface area contributed by atoms with Gasteiger partial charge in [0.1, 0.15) is 22.6 Å². The SMILES string of the molecule is CC.CC.CC.CC.Nc1nccc(-c2c(-c3cccc([N+](=O)[O-])c3)nc3ccccn23)n1.O=[N+]([O-])c1cccc(-c2nc3ccccn3c2-c2ccnc(Cl)n2)c1.O=c1nccc(-c2c(-c3cccc([N+](=O)[O-])c3)nc3ccccn23)[nH]1.[NH-]c1nccc(-c2c(-c3cccc([N+](=O)[O-])c3)nc3ccccn23)n1.[NH2-].[Y].[Y]. The van der Waals surface area contributed by atoms with Crippen LogP contribution in [0.1, 0.15) is 55.4 Å². The summed E-state index contributed by atoms with van der Waals surface area (Å²) in [6.07, 6.45) is 13.4. The molecule has 0 aliphatic carbocycles. The molecule has 558 valence electrons. The predicted octanol–water partition coefficient (Wildman–Crippen LogP) is 18.5. The number of nitrogen functional groups attached to an aromatic ring is 1. The molecule has 35 heteroatoms. The van der Waals surface area contributed by atoms with Crippen molar-refractivity contribution in [2.45, 2.75) is 55.4 Å². The van der Waals surface area contributed by atoms with E-state index in [1.807, 2.05) is 171 Å². The molecule has 0 amide bonds. The van der Waals surface area contributed by atoms with E-state index in [0.717, 1.165) is 0 Å². The van der Waals surface area contributed by atoms with Gasteiger partial charge in [-0.05, 0) is 90.6 Å². The summed E-state index contributed by atoms with van der Waals surface area (Å²) in [5.41, 5.74) is 25.3. The molecular formula is C76H70ClN23O9Y2-2. The number of rotatable bonds is 12. The third-order valence-corrected chi connectivity index (χ3v) is 15.2. The summed E-state index contributed by atoms with van der Waals surface area (Å²) in [6, 6.07) is 54.3. The number of H-pyrrole nitrogens is 1. The second-order valence-corrected chi connectivity index (χ2v) is 21.6. The van der Waals surface area contributed by atoms with Crippen molar-refractivity contribution in [3.05, 3.63) is 312 Å². The molecule has 0 unspecified atom stereocenters. The van der Waals surface area contributed by atoms with E-state index in [-0.39, 0.29) is 111 Å². The van der Waals surface area contributed by atoms with E-state index in [1.54, 1.807) is 85.2 Å². The van der Waals surface area contributed by atoms with Crippen LogP contribution in [0.15, 0.2) is 248 Å². The van der Waals surface area contributed by atoms with Crippen molar-refractivity contribution < 1.29 is 85.1 Å². The van der Waals surface area contributed by atoms with Gasteiger partial charge in [-0.2, -0.15) is 0 Å². The van der Waals surface area contributed by atoms with Gasteiger partial charge in [-0.15, -0.1) is 0 Å². The Bertz CT molecular complexity index is 5520.